The molecular formula is C43H80N2O6P+. The largest absolute Gasteiger partial charge is 0.472 e. The number of nitrogens with one attached hydrogen (secondary N) is 1. The van der Waals surface area contributed by atoms with Gasteiger partial charge in [-0.3, -0.25) is 13.8 Å². The summed E-state index contributed by atoms with van der Waals surface area (Å²) in [5.74, 6) is -0.236. The zero-order valence-electron chi connectivity index (χ0n) is 34.0. The van der Waals surface area contributed by atoms with Gasteiger partial charge >= 0.3 is 7.82 Å². The molecular weight excluding hydrogens is 671 g/mol. The van der Waals surface area contributed by atoms with Crippen molar-refractivity contribution in [1.29, 1.82) is 0 Å². The van der Waals surface area contributed by atoms with Crippen LogP contribution in [0.4, 0.5) is 0 Å². The Kier molecular flexibility index (Phi) is 33.7. The van der Waals surface area contributed by atoms with E-state index in [-0.39, 0.29) is 25.5 Å². The Morgan fingerprint density at radius 1 is 0.654 bits per heavy atom. The molecule has 0 bridgehead atoms. The van der Waals surface area contributed by atoms with Crippen LogP contribution in [0.5, 0.6) is 0 Å². The molecule has 0 saturated carbocycles. The van der Waals surface area contributed by atoms with Crippen molar-refractivity contribution < 1.29 is 32.9 Å². The summed E-state index contributed by atoms with van der Waals surface area (Å²) in [5, 5.41) is 13.7. The third-order valence-corrected chi connectivity index (χ3v) is 9.72. The van der Waals surface area contributed by atoms with Gasteiger partial charge in [0.05, 0.1) is 39.9 Å². The molecule has 8 nitrogen and oxygen atoms in total. The number of carbonyl (C=O) groups is 1. The highest BCUT2D eigenvalue weighted by Gasteiger charge is 2.27. The van der Waals surface area contributed by atoms with Gasteiger partial charge < -0.3 is 19.8 Å². The molecule has 0 aromatic heterocycles. The third kappa shape index (κ3) is 36.6. The highest BCUT2D eigenvalue weighted by molar-refractivity contribution is 7.47. The maximum absolute atomic E-state index is 12.8. The van der Waals surface area contributed by atoms with Gasteiger partial charge in [-0.1, -0.05) is 152 Å². The minimum atomic E-state index is -4.34. The van der Waals surface area contributed by atoms with E-state index in [0.29, 0.717) is 17.4 Å². The zero-order valence-corrected chi connectivity index (χ0v) is 34.9. The summed E-state index contributed by atoms with van der Waals surface area (Å²) in [4.78, 5) is 23.0. The summed E-state index contributed by atoms with van der Waals surface area (Å²) in [5.41, 5.74) is 0. The van der Waals surface area contributed by atoms with E-state index in [0.717, 1.165) is 44.9 Å². The Balaban J connectivity index is 4.49. The first-order chi connectivity index (χ1) is 25.0. The lowest BCUT2D eigenvalue weighted by Gasteiger charge is -2.25. The number of likely N-dealkylation sites (N-methyl/N-ethyl adjacent to an activating group) is 1. The van der Waals surface area contributed by atoms with Gasteiger partial charge in [-0.2, -0.15) is 0 Å². The Labute approximate surface area is 320 Å². The van der Waals surface area contributed by atoms with Crippen molar-refractivity contribution in [2.75, 3.05) is 40.9 Å². The van der Waals surface area contributed by atoms with Crippen molar-refractivity contribution >= 4 is 13.7 Å². The second-order valence-electron chi connectivity index (χ2n) is 15.0. The van der Waals surface area contributed by atoms with Crippen molar-refractivity contribution in [3.05, 3.63) is 60.8 Å². The number of hydrogen-bond acceptors (Lipinski definition) is 5. The standard InChI is InChI=1S/C43H79N2O6P/c1-6-8-10-12-14-16-17-18-19-20-21-22-23-24-25-26-27-29-31-33-35-37-43(47)44-41(40-51-52(48,49)50-39-38-45(3,4)5)42(46)36-34-32-30-28-15-13-11-9-7-2/h19-20,22-23,25-26,29,31,34,36,41-42,46H,6-18,21,24,27-28,30,32-33,35,37-40H2,1-5H3,(H-,44,47,48,49)/p+1/b20-19+,23-22+,26-25+,31-29+,36-34+/t41-,42+/m0/s1. The maximum Gasteiger partial charge on any atom is 0.472 e. The molecule has 9 heteroatoms. The molecule has 0 aliphatic heterocycles. The van der Waals surface area contributed by atoms with E-state index in [9.17, 15) is 19.4 Å². The van der Waals surface area contributed by atoms with Crippen LogP contribution in [0.2, 0.25) is 0 Å². The average molecular weight is 752 g/mol. The first-order valence-electron chi connectivity index (χ1n) is 20.7. The molecule has 302 valence electrons. The molecule has 0 fully saturated rings. The molecule has 0 aliphatic rings. The van der Waals surface area contributed by atoms with Crippen molar-refractivity contribution in [2.45, 2.75) is 167 Å². The fraction of sp³-hybridized carbons (Fsp3) is 0.744. The Hall–Kier alpha value is -1.80. The molecule has 0 rings (SSSR count). The summed E-state index contributed by atoms with van der Waals surface area (Å²) < 4.78 is 23.4. The number of aliphatic hydroxyl groups excluding tert-OH is 1. The van der Waals surface area contributed by atoms with Crippen molar-refractivity contribution in [3.8, 4) is 0 Å². The number of hydrogen-bond donors (Lipinski definition) is 3. The van der Waals surface area contributed by atoms with Crippen molar-refractivity contribution in [2.24, 2.45) is 0 Å². The molecule has 0 aromatic carbocycles. The number of nitrogens with zero attached hydrogens (tertiary/aromatic N) is 1. The number of phosphoric ester groups is 1. The van der Waals surface area contributed by atoms with Crippen molar-refractivity contribution in [1.82, 2.24) is 5.32 Å². The van der Waals surface area contributed by atoms with Crippen molar-refractivity contribution in [3.63, 3.8) is 0 Å². The first-order valence-corrected chi connectivity index (χ1v) is 22.2. The Bertz CT molecular complexity index is 1030. The van der Waals surface area contributed by atoms with Crippen LogP contribution in [-0.4, -0.2) is 73.4 Å². The second kappa shape index (κ2) is 34.9. The fourth-order valence-electron chi connectivity index (χ4n) is 5.38. The van der Waals surface area contributed by atoms with E-state index in [1.807, 2.05) is 27.2 Å². The van der Waals surface area contributed by atoms with Gasteiger partial charge in [0.2, 0.25) is 5.91 Å². The third-order valence-electron chi connectivity index (χ3n) is 8.73. The molecule has 1 amide bonds. The highest BCUT2D eigenvalue weighted by Crippen LogP contribution is 2.43. The topological polar surface area (TPSA) is 105 Å². The molecule has 0 saturated heterocycles. The van der Waals surface area contributed by atoms with Crippen LogP contribution in [0.15, 0.2) is 60.8 Å². The Morgan fingerprint density at radius 2 is 1.10 bits per heavy atom. The van der Waals surface area contributed by atoms with Gasteiger partial charge in [-0.15, -0.1) is 0 Å². The summed E-state index contributed by atoms with van der Waals surface area (Å²) >= 11 is 0. The number of carbonyl (C=O) groups excluding carboxylic acids is 1. The highest BCUT2D eigenvalue weighted by atomic mass is 31.2. The molecule has 3 N–H and O–H groups in total. The molecule has 0 radical (unpaired) electrons. The summed E-state index contributed by atoms with van der Waals surface area (Å²) in [7, 11) is 1.52. The van der Waals surface area contributed by atoms with Gasteiger partial charge in [0.25, 0.3) is 0 Å². The maximum atomic E-state index is 12.8. The van der Waals surface area contributed by atoms with E-state index in [4.69, 9.17) is 9.05 Å². The van der Waals surface area contributed by atoms with Gasteiger partial charge in [0.1, 0.15) is 13.2 Å². The lowest BCUT2D eigenvalue weighted by Crippen LogP contribution is -2.45. The number of amides is 1. The quantitative estimate of drug-likeness (QED) is 0.0255. The molecule has 52 heavy (non-hydrogen) atoms. The molecule has 0 aliphatic carbocycles. The SMILES string of the molecule is CCCCCCCCC/C=C/C/C=C/C/C=C/C/C=C/CCCC(=O)N[C@@H](COP(=O)(O)OCC[N+](C)(C)C)[C@H](O)/C=C/CCCCCCCCC. The van der Waals surface area contributed by atoms with Crippen LogP contribution < -0.4 is 5.32 Å². The van der Waals surface area contributed by atoms with Crippen LogP contribution in [0.3, 0.4) is 0 Å². The predicted octanol–water partition coefficient (Wildman–Crippen LogP) is 11.1. The van der Waals surface area contributed by atoms with Gasteiger partial charge in [0.15, 0.2) is 0 Å². The summed E-state index contributed by atoms with van der Waals surface area (Å²) in [6.45, 7) is 4.71. The number of allylic oxidation sites excluding steroid dienone is 9. The van der Waals surface area contributed by atoms with E-state index >= 15 is 0 Å². The van der Waals surface area contributed by atoms with E-state index in [1.165, 1.54) is 83.5 Å². The normalized spacial score (nSPS) is 15.1. The zero-order chi connectivity index (χ0) is 38.6. The van der Waals surface area contributed by atoms with Gasteiger partial charge in [-0.05, 0) is 57.8 Å². The smallest absolute Gasteiger partial charge is 0.387 e. The van der Waals surface area contributed by atoms with E-state index < -0.39 is 20.0 Å². The Morgan fingerprint density at radius 3 is 1.60 bits per heavy atom. The summed E-state index contributed by atoms with van der Waals surface area (Å²) in [6, 6.07) is -0.874. The second-order valence-corrected chi connectivity index (χ2v) is 16.5. The molecule has 0 spiro atoms. The van der Waals surface area contributed by atoms with Crippen LogP contribution in [0, 0.1) is 0 Å². The monoisotopic (exact) mass is 752 g/mol. The summed E-state index contributed by atoms with van der Waals surface area (Å²) in [6.07, 6.45) is 44.5. The fourth-order valence-corrected chi connectivity index (χ4v) is 6.12. The molecule has 0 aromatic rings. The predicted molar refractivity (Wildman–Crippen MR) is 221 cm³/mol. The van der Waals surface area contributed by atoms with Crippen LogP contribution >= 0.6 is 7.82 Å². The number of aliphatic hydroxyl groups is 1. The number of quaternary nitrogens is 1. The minimum Gasteiger partial charge on any atom is -0.387 e. The van der Waals surface area contributed by atoms with E-state index in [1.54, 1.807) is 6.08 Å². The minimum absolute atomic E-state index is 0.0485. The number of phosphoric acid groups is 1. The van der Waals surface area contributed by atoms with Gasteiger partial charge in [-0.25, -0.2) is 4.57 Å². The van der Waals surface area contributed by atoms with E-state index in [2.05, 4.69) is 67.8 Å². The number of rotatable bonds is 36. The molecule has 1 unspecified atom stereocenters. The van der Waals surface area contributed by atoms with Crippen LogP contribution in [-0.2, 0) is 18.4 Å². The number of unbranched alkanes of at least 4 members (excludes halogenated alkanes) is 15. The molecule has 0 heterocycles. The average Bonchev–Trinajstić information content (AvgIpc) is 3.09. The van der Waals surface area contributed by atoms with Crippen LogP contribution in [0.1, 0.15) is 155 Å². The first kappa shape index (κ1) is 50.2. The van der Waals surface area contributed by atoms with Crippen LogP contribution in [0.25, 0.3) is 0 Å². The molecule has 3 atom stereocenters. The lowest BCUT2D eigenvalue weighted by molar-refractivity contribution is -0.870. The van der Waals surface area contributed by atoms with Gasteiger partial charge in [0, 0.05) is 6.42 Å². The lowest BCUT2D eigenvalue weighted by atomic mass is 10.1.